The Labute approximate surface area is 227 Å². The average Bonchev–Trinajstić information content (AvgIpc) is 2.99. The quantitative estimate of drug-likeness (QED) is 0.193. The van der Waals surface area contributed by atoms with Crippen molar-refractivity contribution in [1.29, 1.82) is 0 Å². The van der Waals surface area contributed by atoms with E-state index in [0.717, 1.165) is 15.7 Å². The molecule has 1 aliphatic heterocycles. The maximum Gasteiger partial charge on any atom is 0.266 e. The Hall–Kier alpha value is -5.49. The van der Waals surface area contributed by atoms with Crippen LogP contribution in [0.1, 0.15) is 53.0 Å². The minimum absolute atomic E-state index is 0.279. The summed E-state index contributed by atoms with van der Waals surface area (Å²) in [6.07, 6.45) is 0. The van der Waals surface area contributed by atoms with Gasteiger partial charge in [0.05, 0.1) is 16.9 Å². The summed E-state index contributed by atoms with van der Waals surface area (Å²) in [5, 5.41) is 3.63. The van der Waals surface area contributed by atoms with Crippen LogP contribution in [0.2, 0.25) is 0 Å². The molecule has 0 saturated carbocycles. The third-order valence-electron chi connectivity index (χ3n) is 7.99. The van der Waals surface area contributed by atoms with Gasteiger partial charge in [0.1, 0.15) is 5.92 Å². The molecule has 0 radical (unpaired) electrons. The topological polar surface area (TPSA) is 84.4 Å². The highest BCUT2D eigenvalue weighted by atomic mass is 16.2. The highest BCUT2D eigenvalue weighted by Gasteiger charge is 2.39. The van der Waals surface area contributed by atoms with Crippen molar-refractivity contribution >= 4 is 61.5 Å². The van der Waals surface area contributed by atoms with Gasteiger partial charge in [0.25, 0.3) is 11.8 Å². The number of carbonyl (C=O) groups is 4. The fraction of sp³-hybridized carbons (Fsp3) is 0.0294. The molecule has 1 aromatic heterocycles. The SMILES string of the molecule is O=C1c2cccc3cccc(c23)C(=O)C1c1ccc2cccc(N3C(=O)c4cccc5cccc(c45)C3=O)c2n1. The number of Topliss-reactive ketones (excluding diaryl/α,β-unsaturated/α-hetero) is 2. The number of rotatable bonds is 2. The van der Waals surface area contributed by atoms with Gasteiger partial charge in [-0.25, -0.2) is 9.88 Å². The number of para-hydroxylation sites is 1. The van der Waals surface area contributed by atoms with Crippen molar-refractivity contribution in [3.05, 3.63) is 131 Å². The van der Waals surface area contributed by atoms with Gasteiger partial charge in [-0.15, -0.1) is 0 Å². The second kappa shape index (κ2) is 8.01. The van der Waals surface area contributed by atoms with Gasteiger partial charge >= 0.3 is 0 Å². The van der Waals surface area contributed by atoms with Crippen molar-refractivity contribution in [2.75, 3.05) is 4.90 Å². The van der Waals surface area contributed by atoms with Gasteiger partial charge in [-0.05, 0) is 35.0 Å². The number of anilines is 1. The standard InChI is InChI=1S/C34H18N2O4/c37-31-21-11-1-6-18-7-2-12-22(27(18)21)32(38)29(31)25-17-16-20-10-5-15-26(30(20)35-25)36-33(39)23-13-3-8-19-9-4-14-24(28(19)23)34(36)40/h1-17,29H. The molecule has 6 aromatic rings. The number of ketones is 2. The fourth-order valence-electron chi connectivity index (χ4n) is 6.19. The number of fused-ring (bicyclic) bond motifs is 1. The van der Waals surface area contributed by atoms with Gasteiger partial charge in [0, 0.05) is 38.4 Å². The maximum absolute atomic E-state index is 13.8. The van der Waals surface area contributed by atoms with Crippen LogP contribution in [0.4, 0.5) is 5.69 Å². The predicted octanol–water partition coefficient (Wildman–Crippen LogP) is 6.50. The predicted molar refractivity (Wildman–Crippen MR) is 152 cm³/mol. The Morgan fingerprint density at radius 2 is 0.975 bits per heavy atom. The van der Waals surface area contributed by atoms with Crippen molar-refractivity contribution < 1.29 is 19.2 Å². The molecule has 8 rings (SSSR count). The lowest BCUT2D eigenvalue weighted by Gasteiger charge is -2.28. The number of aromatic nitrogens is 1. The Balaban J connectivity index is 1.30. The molecule has 2 heterocycles. The summed E-state index contributed by atoms with van der Waals surface area (Å²) in [5.74, 6) is -2.65. The Morgan fingerprint density at radius 3 is 1.55 bits per heavy atom. The third kappa shape index (κ3) is 2.90. The first-order valence-corrected chi connectivity index (χ1v) is 12.9. The summed E-state index contributed by atoms with van der Waals surface area (Å²) in [6, 6.07) is 30.3. The summed E-state index contributed by atoms with van der Waals surface area (Å²) in [5.41, 5.74) is 2.79. The minimum atomic E-state index is -1.12. The Bertz CT molecular complexity index is 2060. The molecule has 0 unspecified atom stereocenters. The highest BCUT2D eigenvalue weighted by Crippen LogP contribution is 2.39. The Morgan fingerprint density at radius 1 is 0.500 bits per heavy atom. The second-order valence-corrected chi connectivity index (χ2v) is 10.1. The van der Waals surface area contributed by atoms with Gasteiger partial charge in [0.2, 0.25) is 0 Å². The van der Waals surface area contributed by atoms with E-state index < -0.39 is 17.7 Å². The lowest BCUT2D eigenvalue weighted by Crippen LogP contribution is -2.40. The van der Waals surface area contributed by atoms with Gasteiger partial charge in [-0.2, -0.15) is 0 Å². The van der Waals surface area contributed by atoms with Crippen LogP contribution in [-0.4, -0.2) is 28.4 Å². The molecule has 6 nitrogen and oxygen atoms in total. The summed E-state index contributed by atoms with van der Waals surface area (Å²) in [4.78, 5) is 60.9. The lowest BCUT2D eigenvalue weighted by atomic mass is 9.78. The average molecular weight is 519 g/mol. The van der Waals surface area contributed by atoms with Crippen molar-refractivity contribution in [1.82, 2.24) is 4.98 Å². The third-order valence-corrected chi connectivity index (χ3v) is 7.99. The van der Waals surface area contributed by atoms with Crippen LogP contribution in [-0.2, 0) is 0 Å². The van der Waals surface area contributed by atoms with Crippen LogP contribution in [0.5, 0.6) is 0 Å². The van der Waals surface area contributed by atoms with E-state index in [2.05, 4.69) is 0 Å². The number of benzene rings is 5. The van der Waals surface area contributed by atoms with E-state index in [1.807, 2.05) is 42.5 Å². The molecule has 1 aliphatic carbocycles. The van der Waals surface area contributed by atoms with Crippen LogP contribution in [0.15, 0.2) is 103 Å². The van der Waals surface area contributed by atoms with E-state index >= 15 is 0 Å². The van der Waals surface area contributed by atoms with E-state index in [1.165, 1.54) is 0 Å². The number of amides is 2. The van der Waals surface area contributed by atoms with Crippen molar-refractivity contribution in [2.24, 2.45) is 0 Å². The van der Waals surface area contributed by atoms with Crippen LogP contribution >= 0.6 is 0 Å². The zero-order chi connectivity index (χ0) is 27.1. The first-order chi connectivity index (χ1) is 19.5. The normalized spacial score (nSPS) is 15.1. The number of carbonyl (C=O) groups excluding carboxylic acids is 4. The largest absolute Gasteiger partial charge is 0.293 e. The zero-order valence-electron chi connectivity index (χ0n) is 20.9. The second-order valence-electron chi connectivity index (χ2n) is 10.1. The van der Waals surface area contributed by atoms with Gasteiger partial charge in [0.15, 0.2) is 11.6 Å². The van der Waals surface area contributed by atoms with E-state index in [-0.39, 0.29) is 17.3 Å². The highest BCUT2D eigenvalue weighted by molar-refractivity contribution is 6.37. The molecule has 0 N–H and O–H groups in total. The van der Waals surface area contributed by atoms with E-state index in [0.29, 0.717) is 49.6 Å². The van der Waals surface area contributed by atoms with E-state index in [4.69, 9.17) is 4.98 Å². The molecule has 0 bridgehead atoms. The minimum Gasteiger partial charge on any atom is -0.293 e. The number of nitrogens with zero attached hydrogens (tertiary/aromatic N) is 2. The van der Waals surface area contributed by atoms with Gasteiger partial charge < -0.3 is 0 Å². The molecular formula is C34H18N2O4. The van der Waals surface area contributed by atoms with E-state index in [1.54, 1.807) is 60.7 Å². The van der Waals surface area contributed by atoms with E-state index in [9.17, 15) is 19.2 Å². The molecule has 2 amide bonds. The van der Waals surface area contributed by atoms with Crippen LogP contribution in [0.25, 0.3) is 32.4 Å². The summed E-state index contributed by atoms with van der Waals surface area (Å²) < 4.78 is 0. The monoisotopic (exact) mass is 518 g/mol. The molecule has 0 spiro atoms. The number of imide groups is 1. The zero-order valence-corrected chi connectivity index (χ0v) is 20.9. The number of hydrogen-bond donors (Lipinski definition) is 0. The Kier molecular flexibility index (Phi) is 4.50. The molecule has 0 saturated heterocycles. The molecule has 0 atom stereocenters. The molecule has 40 heavy (non-hydrogen) atoms. The van der Waals surface area contributed by atoms with Gasteiger partial charge in [-0.1, -0.05) is 78.9 Å². The summed E-state index contributed by atoms with van der Waals surface area (Å²) >= 11 is 0. The molecule has 0 fully saturated rings. The molecule has 5 aromatic carbocycles. The molecular weight excluding hydrogens is 500 g/mol. The smallest absolute Gasteiger partial charge is 0.266 e. The summed E-state index contributed by atoms with van der Waals surface area (Å²) in [7, 11) is 0. The number of pyridine rings is 1. The first kappa shape index (κ1) is 22.5. The van der Waals surface area contributed by atoms with Crippen LogP contribution in [0, 0.1) is 0 Å². The lowest BCUT2D eigenvalue weighted by molar-refractivity contribution is 0.0848. The van der Waals surface area contributed by atoms with Crippen LogP contribution < -0.4 is 4.90 Å². The van der Waals surface area contributed by atoms with Crippen molar-refractivity contribution in [3.8, 4) is 0 Å². The molecule has 6 heteroatoms. The van der Waals surface area contributed by atoms with Crippen molar-refractivity contribution in [2.45, 2.75) is 5.92 Å². The van der Waals surface area contributed by atoms with Gasteiger partial charge in [-0.3, -0.25) is 19.2 Å². The first-order valence-electron chi connectivity index (χ1n) is 12.9. The van der Waals surface area contributed by atoms with Crippen LogP contribution in [0.3, 0.4) is 0 Å². The van der Waals surface area contributed by atoms with Crippen molar-refractivity contribution in [3.63, 3.8) is 0 Å². The molecule has 188 valence electrons. The number of hydrogen-bond acceptors (Lipinski definition) is 5. The fourth-order valence-corrected chi connectivity index (χ4v) is 6.19. The molecule has 2 aliphatic rings. The maximum atomic E-state index is 13.8. The summed E-state index contributed by atoms with van der Waals surface area (Å²) in [6.45, 7) is 0.